The molecule has 3 aromatic rings. The van der Waals surface area contributed by atoms with Crippen LogP contribution >= 0.6 is 23.1 Å². The third kappa shape index (κ3) is 3.42. The topological polar surface area (TPSA) is 147 Å². The van der Waals surface area contributed by atoms with E-state index >= 15 is 0 Å². The van der Waals surface area contributed by atoms with Crippen LogP contribution in [-0.4, -0.2) is 16.2 Å². The van der Waals surface area contributed by atoms with E-state index in [9.17, 15) is 25.4 Å². The average Bonchev–Trinajstić information content (AvgIpc) is 3.22. The highest BCUT2D eigenvalue weighted by atomic mass is 32.2. The zero-order valence-electron chi connectivity index (χ0n) is 13.9. The van der Waals surface area contributed by atoms with Crippen molar-refractivity contribution in [3.8, 4) is 22.6 Å². The summed E-state index contributed by atoms with van der Waals surface area (Å²) in [5.41, 5.74) is 6.43. The van der Waals surface area contributed by atoms with Crippen LogP contribution in [0.3, 0.4) is 0 Å². The van der Waals surface area contributed by atoms with Crippen molar-refractivity contribution in [1.82, 2.24) is 4.98 Å². The number of anilines is 1. The first-order valence-corrected chi connectivity index (χ1v) is 9.28. The number of rotatable bonds is 5. The lowest BCUT2D eigenvalue weighted by molar-refractivity contribution is -0.384. The Morgan fingerprint density at radius 1 is 1.25 bits per heavy atom. The van der Waals surface area contributed by atoms with Crippen molar-refractivity contribution in [3.05, 3.63) is 62.5 Å². The first-order valence-electron chi connectivity index (χ1n) is 7.59. The van der Waals surface area contributed by atoms with Crippen LogP contribution in [0.1, 0.15) is 21.5 Å². The number of nitro groups is 1. The number of non-ortho nitro benzene ring substituents is 1. The monoisotopic (exact) mass is 407 g/mol. The number of aromatic nitrogens is 1. The number of benzene rings is 1. The van der Waals surface area contributed by atoms with Gasteiger partial charge in [-0.3, -0.25) is 14.9 Å². The Morgan fingerprint density at radius 2 is 2.00 bits per heavy atom. The molecule has 0 fully saturated rings. The summed E-state index contributed by atoms with van der Waals surface area (Å²) in [6.45, 7) is 0. The van der Waals surface area contributed by atoms with E-state index < -0.39 is 4.92 Å². The van der Waals surface area contributed by atoms with Gasteiger partial charge in [-0.25, -0.2) is 4.98 Å². The van der Waals surface area contributed by atoms with E-state index in [2.05, 4.69) is 11.1 Å². The van der Waals surface area contributed by atoms with E-state index in [1.165, 1.54) is 23.5 Å². The number of pyridine rings is 1. The summed E-state index contributed by atoms with van der Waals surface area (Å²) in [7, 11) is 0. The van der Waals surface area contributed by atoms with Gasteiger partial charge in [0.25, 0.3) is 5.69 Å². The molecule has 0 amide bonds. The van der Waals surface area contributed by atoms with Gasteiger partial charge in [0, 0.05) is 33.0 Å². The van der Waals surface area contributed by atoms with Crippen molar-refractivity contribution in [3.63, 3.8) is 0 Å². The van der Waals surface area contributed by atoms with Crippen LogP contribution in [0.15, 0.2) is 45.6 Å². The number of nitrogen functional groups attached to an aromatic ring is 1. The van der Waals surface area contributed by atoms with Crippen LogP contribution in [0.5, 0.6) is 0 Å². The predicted octanol–water partition coefficient (Wildman–Crippen LogP) is 4.01. The number of nitrogens with two attached hydrogens (primary N) is 1. The Bertz CT molecular complexity index is 1180. The number of aldehydes is 1. The fourth-order valence-electron chi connectivity index (χ4n) is 2.48. The van der Waals surface area contributed by atoms with Crippen LogP contribution < -0.4 is 5.73 Å². The fourth-order valence-corrected chi connectivity index (χ4v) is 4.22. The molecule has 0 radical (unpaired) electrons. The molecule has 0 unspecified atom stereocenters. The summed E-state index contributed by atoms with van der Waals surface area (Å²) < 4.78 is 0. The molecule has 0 spiro atoms. The highest BCUT2D eigenvalue weighted by Crippen LogP contribution is 2.40. The molecule has 2 aromatic heterocycles. The van der Waals surface area contributed by atoms with Crippen LogP contribution in [0.2, 0.25) is 0 Å². The number of hydrogen-bond acceptors (Lipinski definition) is 9. The first kappa shape index (κ1) is 19.0. The van der Waals surface area contributed by atoms with Gasteiger partial charge in [-0.1, -0.05) is 17.8 Å². The molecule has 0 aliphatic rings. The number of carbonyl (C=O) groups is 1. The second-order valence-corrected chi connectivity index (χ2v) is 7.31. The molecule has 0 atom stereocenters. The van der Waals surface area contributed by atoms with Crippen LogP contribution in [0.4, 0.5) is 11.5 Å². The Kier molecular flexibility index (Phi) is 5.36. The van der Waals surface area contributed by atoms with Gasteiger partial charge in [0.1, 0.15) is 28.5 Å². The predicted molar refractivity (Wildman–Crippen MR) is 104 cm³/mol. The molecule has 3 rings (SSSR count). The third-order valence-electron chi connectivity index (χ3n) is 3.72. The second kappa shape index (κ2) is 7.88. The zero-order valence-corrected chi connectivity index (χ0v) is 15.6. The zero-order chi connectivity index (χ0) is 20.3. The molecule has 0 bridgehead atoms. The number of thiophene rings is 1. The lowest BCUT2D eigenvalue weighted by Gasteiger charge is -2.12. The van der Waals surface area contributed by atoms with E-state index in [4.69, 9.17) is 5.73 Å². The second-order valence-electron chi connectivity index (χ2n) is 5.33. The standard InChI is InChI=1S/C18H9N5O3S2/c19-7-12-16(15-2-1-5-27-15)13(8-20)18(22-17(12)21)28-14-4-3-11(23(25)26)6-10(14)9-24/h1-6,9H,(H2,21,22). The quantitative estimate of drug-likeness (QED) is 0.379. The maximum atomic E-state index is 11.4. The van der Waals surface area contributed by atoms with E-state index in [0.717, 1.165) is 17.8 Å². The van der Waals surface area contributed by atoms with Gasteiger partial charge in [-0.15, -0.1) is 11.3 Å². The Labute approximate surface area is 167 Å². The smallest absolute Gasteiger partial charge is 0.270 e. The van der Waals surface area contributed by atoms with Gasteiger partial charge in [0.15, 0.2) is 6.29 Å². The average molecular weight is 407 g/mol. The molecule has 0 saturated carbocycles. The summed E-state index contributed by atoms with van der Waals surface area (Å²) >= 11 is 2.33. The van der Waals surface area contributed by atoms with Gasteiger partial charge in [-0.2, -0.15) is 10.5 Å². The van der Waals surface area contributed by atoms with Crippen LogP contribution in [0, 0.1) is 32.8 Å². The molecule has 0 aliphatic carbocycles. The number of nitriles is 2. The van der Waals surface area contributed by atoms with Gasteiger partial charge < -0.3 is 5.73 Å². The molecule has 8 nitrogen and oxygen atoms in total. The van der Waals surface area contributed by atoms with Crippen molar-refractivity contribution in [2.45, 2.75) is 9.92 Å². The third-order valence-corrected chi connectivity index (χ3v) is 5.69. The van der Waals surface area contributed by atoms with Gasteiger partial charge in [0.05, 0.1) is 10.5 Å². The SMILES string of the molecule is N#Cc1c(N)nc(Sc2ccc([N+](=O)[O-])cc2C=O)c(C#N)c1-c1cccs1. The Morgan fingerprint density at radius 3 is 2.57 bits per heavy atom. The van der Waals surface area contributed by atoms with Gasteiger partial charge in [0.2, 0.25) is 0 Å². The van der Waals surface area contributed by atoms with E-state index in [1.807, 2.05) is 11.4 Å². The molecule has 2 N–H and O–H groups in total. The summed E-state index contributed by atoms with van der Waals surface area (Å²) in [5, 5.41) is 32.1. The summed E-state index contributed by atoms with van der Waals surface area (Å²) in [6, 6.07) is 11.4. The summed E-state index contributed by atoms with van der Waals surface area (Å²) in [4.78, 5) is 26.9. The first-order chi connectivity index (χ1) is 13.5. The summed E-state index contributed by atoms with van der Waals surface area (Å²) in [5.74, 6) is -0.0398. The molecule has 136 valence electrons. The molecule has 2 heterocycles. The van der Waals surface area contributed by atoms with Crippen LogP contribution in [-0.2, 0) is 0 Å². The van der Waals surface area contributed by atoms with Crippen molar-refractivity contribution >= 4 is 40.9 Å². The molecule has 0 aliphatic heterocycles. The van der Waals surface area contributed by atoms with Crippen LogP contribution in [0.25, 0.3) is 10.4 Å². The number of nitro benzene ring substituents is 1. The lowest BCUT2D eigenvalue weighted by atomic mass is 10.0. The number of hydrogen-bond donors (Lipinski definition) is 1. The van der Waals surface area contributed by atoms with E-state index in [-0.39, 0.29) is 33.2 Å². The maximum absolute atomic E-state index is 11.4. The number of carbonyl (C=O) groups excluding carboxylic acids is 1. The largest absolute Gasteiger partial charge is 0.383 e. The molecular weight excluding hydrogens is 398 g/mol. The van der Waals surface area contributed by atoms with E-state index in [1.54, 1.807) is 12.1 Å². The Balaban J connectivity index is 2.19. The normalized spacial score (nSPS) is 10.1. The van der Waals surface area contributed by atoms with Crippen molar-refractivity contribution in [1.29, 1.82) is 10.5 Å². The van der Waals surface area contributed by atoms with Crippen molar-refractivity contribution < 1.29 is 9.72 Å². The molecule has 1 aromatic carbocycles. The molecule has 0 saturated heterocycles. The fraction of sp³-hybridized carbons (Fsp3) is 0. The van der Waals surface area contributed by atoms with Gasteiger partial charge in [-0.05, 0) is 17.5 Å². The Hall–Kier alpha value is -3.73. The maximum Gasteiger partial charge on any atom is 0.270 e. The van der Waals surface area contributed by atoms with Crippen molar-refractivity contribution in [2.24, 2.45) is 0 Å². The minimum atomic E-state index is -0.602. The highest BCUT2D eigenvalue weighted by molar-refractivity contribution is 7.99. The lowest BCUT2D eigenvalue weighted by Crippen LogP contribution is -2.03. The molecular formula is C18H9N5O3S2. The minimum absolute atomic E-state index is 0.0398. The highest BCUT2D eigenvalue weighted by Gasteiger charge is 2.22. The van der Waals surface area contributed by atoms with Gasteiger partial charge >= 0.3 is 0 Å². The molecule has 10 heteroatoms. The minimum Gasteiger partial charge on any atom is -0.383 e. The van der Waals surface area contributed by atoms with Crippen molar-refractivity contribution in [2.75, 3.05) is 5.73 Å². The summed E-state index contributed by atoms with van der Waals surface area (Å²) in [6.07, 6.45) is 0.495. The van der Waals surface area contributed by atoms with E-state index in [0.29, 0.717) is 21.6 Å². The molecule has 28 heavy (non-hydrogen) atoms. The number of nitrogens with zero attached hydrogens (tertiary/aromatic N) is 4.